The molecule has 0 spiro atoms. The second kappa shape index (κ2) is 10.7. The lowest BCUT2D eigenvalue weighted by Crippen LogP contribution is -2.40. The Bertz CT molecular complexity index is 1130. The second-order valence-corrected chi connectivity index (χ2v) is 8.70. The molecule has 7 nitrogen and oxygen atoms in total. The van der Waals surface area contributed by atoms with Crippen molar-refractivity contribution in [3.05, 3.63) is 84.4 Å². The lowest BCUT2D eigenvalue weighted by atomic mass is 10.2. The normalized spacial score (nSPS) is 10.9. The largest absolute Gasteiger partial charge is 0.497 e. The van der Waals surface area contributed by atoms with Crippen LogP contribution in [-0.2, 0) is 21.4 Å². The van der Waals surface area contributed by atoms with Crippen molar-refractivity contribution in [3.8, 4) is 11.5 Å². The molecule has 0 saturated heterocycles. The summed E-state index contributed by atoms with van der Waals surface area (Å²) in [5.41, 5.74) is 1.17. The van der Waals surface area contributed by atoms with Crippen molar-refractivity contribution < 1.29 is 22.7 Å². The Labute approximate surface area is 188 Å². The number of hydrogen-bond acceptors (Lipinski definition) is 5. The number of amides is 1. The van der Waals surface area contributed by atoms with Gasteiger partial charge in [-0.3, -0.25) is 9.10 Å². The van der Waals surface area contributed by atoms with E-state index in [1.54, 1.807) is 42.5 Å². The van der Waals surface area contributed by atoms with Gasteiger partial charge in [0.05, 0.1) is 24.3 Å². The average molecular weight is 455 g/mol. The predicted octanol–water partition coefficient (Wildman–Crippen LogP) is 3.61. The summed E-state index contributed by atoms with van der Waals surface area (Å²) in [4.78, 5) is 12.9. The topological polar surface area (TPSA) is 84.9 Å². The molecule has 0 radical (unpaired) electrons. The number of para-hydroxylation sites is 1. The predicted molar refractivity (Wildman–Crippen MR) is 123 cm³/mol. The van der Waals surface area contributed by atoms with Gasteiger partial charge in [-0.1, -0.05) is 36.4 Å². The van der Waals surface area contributed by atoms with Gasteiger partial charge in [-0.15, -0.1) is 0 Å². The summed E-state index contributed by atoms with van der Waals surface area (Å²) in [6.45, 7) is 2.24. The molecule has 1 amide bonds. The lowest BCUT2D eigenvalue weighted by molar-refractivity contribution is -0.119. The van der Waals surface area contributed by atoms with Gasteiger partial charge in [0.15, 0.2) is 0 Å². The molecule has 0 aliphatic heterocycles. The smallest absolute Gasteiger partial charge is 0.264 e. The first-order valence-electron chi connectivity index (χ1n) is 10.1. The molecule has 0 unspecified atom stereocenters. The Hall–Kier alpha value is -3.52. The molecule has 3 aromatic carbocycles. The maximum Gasteiger partial charge on any atom is 0.264 e. The Morgan fingerprint density at radius 2 is 1.59 bits per heavy atom. The highest BCUT2D eigenvalue weighted by Gasteiger charge is 2.27. The maximum absolute atomic E-state index is 13.3. The number of benzene rings is 3. The number of nitrogens with zero attached hydrogens (tertiary/aromatic N) is 1. The van der Waals surface area contributed by atoms with Crippen molar-refractivity contribution in [3.63, 3.8) is 0 Å². The number of ether oxygens (including phenoxy) is 2. The summed E-state index contributed by atoms with van der Waals surface area (Å²) in [6, 6.07) is 21.9. The number of rotatable bonds is 10. The van der Waals surface area contributed by atoms with Crippen LogP contribution < -0.4 is 19.1 Å². The molecule has 3 aromatic rings. The van der Waals surface area contributed by atoms with Crippen LogP contribution in [-0.4, -0.2) is 34.6 Å². The summed E-state index contributed by atoms with van der Waals surface area (Å²) >= 11 is 0. The van der Waals surface area contributed by atoms with Crippen LogP contribution in [0, 0.1) is 0 Å². The summed E-state index contributed by atoms with van der Waals surface area (Å²) < 4.78 is 38.5. The first-order chi connectivity index (χ1) is 15.5. The molecule has 0 atom stereocenters. The Morgan fingerprint density at radius 3 is 2.25 bits per heavy atom. The SMILES string of the molecule is CCOc1ccccc1CNC(=O)CN(c1ccc(OC)cc1)S(=O)(=O)c1ccccc1. The van der Waals surface area contributed by atoms with Gasteiger partial charge in [0.1, 0.15) is 18.0 Å². The quantitative estimate of drug-likeness (QED) is 0.506. The molecule has 3 rings (SSSR count). The van der Waals surface area contributed by atoms with Gasteiger partial charge in [-0.25, -0.2) is 8.42 Å². The Kier molecular flexibility index (Phi) is 7.72. The zero-order chi connectivity index (χ0) is 23.0. The molecular weight excluding hydrogens is 428 g/mol. The minimum Gasteiger partial charge on any atom is -0.497 e. The molecule has 0 aromatic heterocycles. The third-order valence-electron chi connectivity index (χ3n) is 4.73. The van der Waals surface area contributed by atoms with Gasteiger partial charge in [0, 0.05) is 12.1 Å². The third-order valence-corrected chi connectivity index (χ3v) is 6.52. The van der Waals surface area contributed by atoms with Crippen LogP contribution >= 0.6 is 0 Å². The van der Waals surface area contributed by atoms with E-state index in [-0.39, 0.29) is 18.0 Å². The van der Waals surface area contributed by atoms with Gasteiger partial charge in [-0.05, 0) is 49.4 Å². The maximum atomic E-state index is 13.3. The summed E-state index contributed by atoms with van der Waals surface area (Å²) in [7, 11) is -2.43. The summed E-state index contributed by atoms with van der Waals surface area (Å²) in [6.07, 6.45) is 0. The fourth-order valence-electron chi connectivity index (χ4n) is 3.11. The third kappa shape index (κ3) is 5.59. The van der Waals surface area contributed by atoms with E-state index in [9.17, 15) is 13.2 Å². The first kappa shape index (κ1) is 23.1. The lowest BCUT2D eigenvalue weighted by Gasteiger charge is -2.24. The van der Waals surface area contributed by atoms with Gasteiger partial charge < -0.3 is 14.8 Å². The first-order valence-corrected chi connectivity index (χ1v) is 11.6. The molecule has 0 aliphatic carbocycles. The molecule has 8 heteroatoms. The Morgan fingerprint density at radius 1 is 0.938 bits per heavy atom. The number of carbonyl (C=O) groups excluding carboxylic acids is 1. The average Bonchev–Trinajstić information content (AvgIpc) is 2.83. The van der Waals surface area contributed by atoms with Gasteiger partial charge in [0.25, 0.3) is 10.0 Å². The van der Waals surface area contributed by atoms with Crippen molar-refractivity contribution in [2.75, 3.05) is 24.6 Å². The zero-order valence-electron chi connectivity index (χ0n) is 18.0. The van der Waals surface area contributed by atoms with E-state index in [2.05, 4.69) is 5.32 Å². The van der Waals surface area contributed by atoms with Crippen molar-refractivity contribution >= 4 is 21.6 Å². The minimum atomic E-state index is -3.96. The van der Waals surface area contributed by atoms with Crippen LogP contribution in [0.2, 0.25) is 0 Å². The molecule has 0 aliphatic rings. The highest BCUT2D eigenvalue weighted by Crippen LogP contribution is 2.25. The van der Waals surface area contributed by atoms with E-state index in [1.807, 2.05) is 31.2 Å². The number of hydrogen-bond donors (Lipinski definition) is 1. The van der Waals surface area contributed by atoms with Crippen LogP contribution in [0.25, 0.3) is 0 Å². The zero-order valence-corrected chi connectivity index (χ0v) is 18.8. The summed E-state index contributed by atoms with van der Waals surface area (Å²) in [5, 5.41) is 2.79. The molecule has 0 saturated carbocycles. The molecule has 0 fully saturated rings. The standard InChI is InChI=1S/C24H26N2O5S/c1-3-31-23-12-8-7-9-19(23)17-25-24(27)18-26(20-13-15-21(30-2)16-14-20)32(28,29)22-10-5-4-6-11-22/h4-16H,3,17-18H2,1-2H3,(H,25,27). The second-order valence-electron chi connectivity index (χ2n) is 6.84. The van der Waals surface area contributed by atoms with Crippen molar-refractivity contribution in [2.45, 2.75) is 18.4 Å². The fourth-order valence-corrected chi connectivity index (χ4v) is 4.55. The van der Waals surface area contributed by atoms with Gasteiger partial charge >= 0.3 is 0 Å². The highest BCUT2D eigenvalue weighted by molar-refractivity contribution is 7.92. The molecule has 0 heterocycles. The molecule has 168 valence electrons. The van der Waals surface area contributed by atoms with Crippen molar-refractivity contribution in [1.29, 1.82) is 0 Å². The number of nitrogens with one attached hydrogen (secondary N) is 1. The van der Waals surface area contributed by atoms with Crippen LogP contribution in [0.4, 0.5) is 5.69 Å². The number of methoxy groups -OCH3 is 1. The van der Waals surface area contributed by atoms with Crippen LogP contribution in [0.5, 0.6) is 11.5 Å². The van der Waals surface area contributed by atoms with E-state index in [0.717, 1.165) is 9.87 Å². The number of anilines is 1. The van der Waals surface area contributed by atoms with E-state index >= 15 is 0 Å². The van der Waals surface area contributed by atoms with E-state index in [1.165, 1.54) is 19.2 Å². The van der Waals surface area contributed by atoms with Crippen LogP contribution in [0.3, 0.4) is 0 Å². The monoisotopic (exact) mass is 454 g/mol. The van der Waals surface area contributed by atoms with E-state index in [0.29, 0.717) is 23.8 Å². The molecular formula is C24H26N2O5S. The van der Waals surface area contributed by atoms with E-state index in [4.69, 9.17) is 9.47 Å². The fraction of sp³-hybridized carbons (Fsp3) is 0.208. The molecule has 32 heavy (non-hydrogen) atoms. The van der Waals surface area contributed by atoms with Crippen molar-refractivity contribution in [1.82, 2.24) is 5.32 Å². The van der Waals surface area contributed by atoms with Crippen LogP contribution in [0.1, 0.15) is 12.5 Å². The van der Waals surface area contributed by atoms with Gasteiger partial charge in [0.2, 0.25) is 5.91 Å². The van der Waals surface area contributed by atoms with Crippen LogP contribution in [0.15, 0.2) is 83.8 Å². The number of sulfonamides is 1. The minimum absolute atomic E-state index is 0.102. The summed E-state index contributed by atoms with van der Waals surface area (Å²) in [5.74, 6) is 0.827. The van der Waals surface area contributed by atoms with Gasteiger partial charge in [-0.2, -0.15) is 0 Å². The molecule has 0 bridgehead atoms. The highest BCUT2D eigenvalue weighted by atomic mass is 32.2. The van der Waals surface area contributed by atoms with Crippen molar-refractivity contribution in [2.24, 2.45) is 0 Å². The molecule has 1 N–H and O–H groups in total. The Balaban J connectivity index is 1.83. The van der Waals surface area contributed by atoms with E-state index < -0.39 is 15.9 Å². The number of carbonyl (C=O) groups is 1.